The first-order valence-corrected chi connectivity index (χ1v) is 11.4. The standard InChI is InChI=1S/C26H17ClN2O3S/c27-19-10-4-1-7-15(19)14-31-20-11-5-2-8-16(20)22-18(13-28)25(29)32-24-17-9-3-6-12-21(17)33-26(30)23(22)24/h1-12,22H,14,29H2/t22-/m1/s1. The molecule has 5 rings (SSSR count). The van der Waals surface area contributed by atoms with Gasteiger partial charge in [0.15, 0.2) is 0 Å². The number of rotatable bonds is 4. The number of nitriles is 1. The maximum atomic E-state index is 13.3. The van der Waals surface area contributed by atoms with Gasteiger partial charge in [-0.2, -0.15) is 5.26 Å². The van der Waals surface area contributed by atoms with Gasteiger partial charge in [0.1, 0.15) is 29.7 Å². The third kappa shape index (κ3) is 3.72. The van der Waals surface area contributed by atoms with E-state index in [-0.39, 0.29) is 22.8 Å². The van der Waals surface area contributed by atoms with Gasteiger partial charge in [0.2, 0.25) is 10.6 Å². The summed E-state index contributed by atoms with van der Waals surface area (Å²) in [6.45, 7) is 0.235. The number of hydrogen-bond acceptors (Lipinski definition) is 6. The highest BCUT2D eigenvalue weighted by atomic mass is 35.5. The summed E-state index contributed by atoms with van der Waals surface area (Å²) in [5, 5.41) is 11.3. The lowest BCUT2D eigenvalue weighted by molar-refractivity contribution is 0.302. The number of ether oxygens (including phenoxy) is 2. The highest BCUT2D eigenvalue weighted by Crippen LogP contribution is 2.46. The Morgan fingerprint density at radius 2 is 1.79 bits per heavy atom. The number of nitrogens with two attached hydrogens (primary N) is 1. The molecule has 1 atom stereocenters. The number of para-hydroxylation sites is 1. The molecule has 2 N–H and O–H groups in total. The largest absolute Gasteiger partial charge is 0.489 e. The van der Waals surface area contributed by atoms with E-state index in [1.54, 1.807) is 12.1 Å². The van der Waals surface area contributed by atoms with Gasteiger partial charge in [0.05, 0.1) is 11.5 Å². The van der Waals surface area contributed by atoms with E-state index in [1.165, 1.54) is 0 Å². The zero-order valence-electron chi connectivity index (χ0n) is 17.2. The van der Waals surface area contributed by atoms with E-state index in [9.17, 15) is 10.1 Å². The number of fused-ring (bicyclic) bond motifs is 3. The molecular weight excluding hydrogens is 456 g/mol. The number of halogens is 1. The van der Waals surface area contributed by atoms with Crippen molar-refractivity contribution < 1.29 is 9.47 Å². The van der Waals surface area contributed by atoms with Crippen molar-refractivity contribution in [3.05, 3.63) is 116 Å². The van der Waals surface area contributed by atoms with Gasteiger partial charge in [-0.25, -0.2) is 0 Å². The lowest BCUT2D eigenvalue weighted by Gasteiger charge is -2.27. The van der Waals surface area contributed by atoms with Crippen molar-refractivity contribution in [1.82, 2.24) is 0 Å². The zero-order valence-corrected chi connectivity index (χ0v) is 18.8. The van der Waals surface area contributed by atoms with Crippen LogP contribution in [0.3, 0.4) is 0 Å². The fourth-order valence-electron chi connectivity index (χ4n) is 4.00. The van der Waals surface area contributed by atoms with Gasteiger partial charge >= 0.3 is 0 Å². The van der Waals surface area contributed by atoms with Gasteiger partial charge in [-0.15, -0.1) is 0 Å². The molecular formula is C26H17ClN2O3S. The Balaban J connectivity index is 1.67. The second-order valence-corrected chi connectivity index (χ2v) is 8.89. The van der Waals surface area contributed by atoms with Gasteiger partial charge in [-0.3, -0.25) is 4.79 Å². The molecule has 0 radical (unpaired) electrons. The molecule has 2 heterocycles. The van der Waals surface area contributed by atoms with Crippen LogP contribution in [-0.2, 0) is 6.61 Å². The van der Waals surface area contributed by atoms with Crippen LogP contribution < -0.4 is 19.9 Å². The van der Waals surface area contributed by atoms with Crippen LogP contribution in [0.25, 0.3) is 10.1 Å². The quantitative estimate of drug-likeness (QED) is 0.411. The monoisotopic (exact) mass is 472 g/mol. The predicted molar refractivity (Wildman–Crippen MR) is 130 cm³/mol. The summed E-state index contributed by atoms with van der Waals surface area (Å²) < 4.78 is 12.6. The summed E-state index contributed by atoms with van der Waals surface area (Å²) in [6.07, 6.45) is 0. The zero-order chi connectivity index (χ0) is 22.9. The first kappa shape index (κ1) is 21.1. The molecule has 0 bridgehead atoms. The smallest absolute Gasteiger partial charge is 0.240 e. The molecule has 0 saturated heterocycles. The highest BCUT2D eigenvalue weighted by molar-refractivity contribution is 7.16. The van der Waals surface area contributed by atoms with Crippen molar-refractivity contribution >= 4 is 33.0 Å². The van der Waals surface area contributed by atoms with Crippen LogP contribution in [0.2, 0.25) is 5.02 Å². The molecule has 0 saturated carbocycles. The summed E-state index contributed by atoms with van der Waals surface area (Å²) in [5.41, 5.74) is 8.24. The van der Waals surface area contributed by atoms with Crippen molar-refractivity contribution in [3.8, 4) is 17.6 Å². The summed E-state index contributed by atoms with van der Waals surface area (Å²) in [4.78, 5) is 13.3. The van der Waals surface area contributed by atoms with Crippen LogP contribution in [0, 0.1) is 11.3 Å². The molecule has 0 fully saturated rings. The third-order valence-corrected chi connectivity index (χ3v) is 6.90. The van der Waals surface area contributed by atoms with Gasteiger partial charge in [-0.05, 0) is 24.3 Å². The minimum atomic E-state index is -0.713. The summed E-state index contributed by atoms with van der Waals surface area (Å²) in [5.74, 6) is 0.191. The molecule has 7 heteroatoms. The van der Waals surface area contributed by atoms with E-state index >= 15 is 0 Å². The molecule has 1 aliphatic heterocycles. The van der Waals surface area contributed by atoms with Crippen molar-refractivity contribution in [2.45, 2.75) is 12.5 Å². The number of allylic oxidation sites excluding steroid dienone is 1. The molecule has 0 aliphatic carbocycles. The molecule has 3 aromatic carbocycles. The maximum Gasteiger partial charge on any atom is 0.240 e. The molecule has 0 spiro atoms. The van der Waals surface area contributed by atoms with Crippen LogP contribution in [0.4, 0.5) is 0 Å². The first-order chi connectivity index (χ1) is 16.1. The Hall–Kier alpha value is -3.79. The number of nitrogens with zero attached hydrogens (tertiary/aromatic N) is 1. The fraction of sp³-hybridized carbons (Fsp3) is 0.0769. The van der Waals surface area contributed by atoms with E-state index in [1.807, 2.05) is 60.7 Å². The summed E-state index contributed by atoms with van der Waals surface area (Å²) in [6, 6.07) is 24.4. The molecule has 1 aliphatic rings. The minimum Gasteiger partial charge on any atom is -0.489 e. The Labute approximate surface area is 198 Å². The predicted octanol–water partition coefficient (Wildman–Crippen LogP) is 5.71. The first-order valence-electron chi connectivity index (χ1n) is 10.2. The molecule has 33 heavy (non-hydrogen) atoms. The Morgan fingerprint density at radius 1 is 1.06 bits per heavy atom. The summed E-state index contributed by atoms with van der Waals surface area (Å²) >= 11 is 7.40. The molecule has 0 unspecified atom stereocenters. The topological polar surface area (TPSA) is 85.3 Å². The molecule has 162 valence electrons. The van der Waals surface area contributed by atoms with E-state index < -0.39 is 5.92 Å². The Morgan fingerprint density at radius 3 is 2.61 bits per heavy atom. The summed E-state index contributed by atoms with van der Waals surface area (Å²) in [7, 11) is 0. The normalized spacial score (nSPS) is 15.0. The van der Waals surface area contributed by atoms with Crippen LogP contribution in [-0.4, -0.2) is 0 Å². The van der Waals surface area contributed by atoms with Crippen LogP contribution in [0.1, 0.15) is 22.6 Å². The fourth-order valence-corrected chi connectivity index (χ4v) is 5.13. The Bertz CT molecular complexity index is 1520. The average molecular weight is 473 g/mol. The van der Waals surface area contributed by atoms with E-state index in [2.05, 4.69) is 6.07 Å². The molecule has 5 nitrogen and oxygen atoms in total. The average Bonchev–Trinajstić information content (AvgIpc) is 2.83. The second-order valence-electron chi connectivity index (χ2n) is 7.47. The molecule has 4 aromatic rings. The van der Waals surface area contributed by atoms with Gasteiger partial charge in [0, 0.05) is 26.2 Å². The van der Waals surface area contributed by atoms with Crippen LogP contribution in [0.5, 0.6) is 11.5 Å². The van der Waals surface area contributed by atoms with Crippen molar-refractivity contribution in [1.29, 1.82) is 5.26 Å². The van der Waals surface area contributed by atoms with Gasteiger partial charge in [0.25, 0.3) is 0 Å². The third-order valence-electron chi connectivity index (χ3n) is 5.55. The lowest BCUT2D eigenvalue weighted by atomic mass is 9.84. The van der Waals surface area contributed by atoms with Crippen LogP contribution >= 0.6 is 22.9 Å². The van der Waals surface area contributed by atoms with Gasteiger partial charge < -0.3 is 15.2 Å². The SMILES string of the molecule is N#CC1=C(N)Oc2c(c(=O)sc3ccccc23)[C@@H]1c1ccccc1OCc1ccccc1Cl. The van der Waals surface area contributed by atoms with E-state index in [0.29, 0.717) is 27.6 Å². The van der Waals surface area contributed by atoms with Crippen molar-refractivity contribution in [2.75, 3.05) is 0 Å². The van der Waals surface area contributed by atoms with Crippen molar-refractivity contribution in [2.24, 2.45) is 5.73 Å². The van der Waals surface area contributed by atoms with Crippen LogP contribution in [0.15, 0.2) is 89.0 Å². The maximum absolute atomic E-state index is 13.3. The highest BCUT2D eigenvalue weighted by Gasteiger charge is 2.36. The van der Waals surface area contributed by atoms with E-state index in [0.717, 1.165) is 27.0 Å². The molecule has 1 aromatic heterocycles. The minimum absolute atomic E-state index is 0.0170. The van der Waals surface area contributed by atoms with Gasteiger partial charge in [-0.1, -0.05) is 71.5 Å². The number of hydrogen-bond donors (Lipinski definition) is 1. The van der Waals surface area contributed by atoms with E-state index in [4.69, 9.17) is 26.8 Å². The molecule has 0 amide bonds. The number of benzene rings is 3. The lowest BCUT2D eigenvalue weighted by Crippen LogP contribution is -2.26. The second kappa shape index (κ2) is 8.62. The van der Waals surface area contributed by atoms with Crippen molar-refractivity contribution in [3.63, 3.8) is 0 Å². The Kier molecular flexibility index (Phi) is 5.51.